The molecule has 2 aromatic carbocycles. The summed E-state index contributed by atoms with van der Waals surface area (Å²) >= 11 is 0. The first-order chi connectivity index (χ1) is 14.1. The fraction of sp³-hybridized carbons (Fsp3) is 0.435. The Labute approximate surface area is 171 Å². The van der Waals surface area contributed by atoms with Gasteiger partial charge in [-0.25, -0.2) is 8.78 Å². The van der Waals surface area contributed by atoms with Gasteiger partial charge in [-0.3, -0.25) is 9.89 Å². The third kappa shape index (κ3) is 5.12. The zero-order valence-corrected chi connectivity index (χ0v) is 16.7. The lowest BCUT2D eigenvalue weighted by Crippen LogP contribution is -2.49. The molecule has 0 aromatic heterocycles. The van der Waals surface area contributed by atoms with Crippen LogP contribution in [0.25, 0.3) is 0 Å². The van der Waals surface area contributed by atoms with Crippen molar-refractivity contribution in [1.29, 1.82) is 0 Å². The lowest BCUT2D eigenvalue weighted by Gasteiger charge is -2.33. The molecule has 29 heavy (non-hydrogen) atoms. The van der Waals surface area contributed by atoms with Crippen LogP contribution < -0.4 is 10.6 Å². The number of aliphatic imine (C=N–C) groups is 1. The molecular weight excluding hydrogens is 370 g/mol. The Bertz CT molecular complexity index is 847. The molecule has 0 spiro atoms. The van der Waals surface area contributed by atoms with Crippen molar-refractivity contribution in [2.24, 2.45) is 4.99 Å². The van der Waals surface area contributed by atoms with Crippen LogP contribution in [0.2, 0.25) is 0 Å². The van der Waals surface area contributed by atoms with Crippen LogP contribution in [-0.2, 0) is 6.54 Å². The number of piperidine rings is 1. The van der Waals surface area contributed by atoms with E-state index < -0.39 is 11.6 Å². The molecular formula is C23H28F2N4. The van der Waals surface area contributed by atoms with Crippen LogP contribution >= 0.6 is 0 Å². The van der Waals surface area contributed by atoms with Crippen molar-refractivity contribution in [2.45, 2.75) is 43.8 Å². The highest BCUT2D eigenvalue weighted by molar-refractivity contribution is 5.80. The Morgan fingerprint density at radius 3 is 2.48 bits per heavy atom. The highest BCUT2D eigenvalue weighted by atomic mass is 19.2. The zero-order chi connectivity index (χ0) is 20.2. The van der Waals surface area contributed by atoms with Crippen LogP contribution in [0.5, 0.6) is 0 Å². The number of likely N-dealkylation sites (tertiary alicyclic amines) is 1. The number of nitrogens with zero attached hydrogens (tertiary/aromatic N) is 2. The largest absolute Gasteiger partial charge is 0.354 e. The Kier molecular flexibility index (Phi) is 6.09. The summed E-state index contributed by atoms with van der Waals surface area (Å²) < 4.78 is 26.5. The smallest absolute Gasteiger partial charge is 0.191 e. The van der Waals surface area contributed by atoms with E-state index in [0.717, 1.165) is 43.9 Å². The normalized spacial score (nSPS) is 23.1. The van der Waals surface area contributed by atoms with E-state index >= 15 is 0 Å². The summed E-state index contributed by atoms with van der Waals surface area (Å²) in [6.45, 7) is 2.49. The molecule has 2 aliphatic rings. The summed E-state index contributed by atoms with van der Waals surface area (Å²) in [5.74, 6) is -0.135. The number of halogens is 2. The SMILES string of the molecule is CN=C(NC1CCN(Cc2ccc(F)c(F)c2)CC1)NC1CC1c1ccccc1. The maximum Gasteiger partial charge on any atom is 0.191 e. The fourth-order valence-electron chi connectivity index (χ4n) is 4.09. The topological polar surface area (TPSA) is 39.7 Å². The number of hydrogen-bond acceptors (Lipinski definition) is 2. The molecule has 2 N–H and O–H groups in total. The average Bonchev–Trinajstić information content (AvgIpc) is 3.51. The fourth-order valence-corrected chi connectivity index (χ4v) is 4.09. The second-order valence-corrected chi connectivity index (χ2v) is 8.02. The van der Waals surface area contributed by atoms with Gasteiger partial charge >= 0.3 is 0 Å². The van der Waals surface area contributed by atoms with Crippen molar-refractivity contribution in [3.05, 3.63) is 71.3 Å². The molecule has 1 aliphatic heterocycles. The number of nitrogens with one attached hydrogen (secondary N) is 2. The first-order valence-electron chi connectivity index (χ1n) is 10.3. The molecule has 1 aliphatic carbocycles. The van der Waals surface area contributed by atoms with Crippen molar-refractivity contribution in [3.63, 3.8) is 0 Å². The first-order valence-corrected chi connectivity index (χ1v) is 10.3. The predicted molar refractivity (Wildman–Crippen MR) is 112 cm³/mol. The minimum atomic E-state index is -0.791. The molecule has 2 unspecified atom stereocenters. The molecule has 4 nitrogen and oxygen atoms in total. The lowest BCUT2D eigenvalue weighted by molar-refractivity contribution is 0.198. The molecule has 2 aromatic rings. The van der Waals surface area contributed by atoms with E-state index in [1.807, 2.05) is 13.1 Å². The third-order valence-corrected chi connectivity index (χ3v) is 5.88. The maximum absolute atomic E-state index is 13.4. The van der Waals surface area contributed by atoms with Gasteiger partial charge in [-0.15, -0.1) is 0 Å². The van der Waals surface area contributed by atoms with Gasteiger partial charge in [0.15, 0.2) is 17.6 Å². The van der Waals surface area contributed by atoms with Crippen LogP contribution in [0.4, 0.5) is 8.78 Å². The second kappa shape index (κ2) is 8.91. The molecule has 1 saturated heterocycles. The molecule has 6 heteroatoms. The van der Waals surface area contributed by atoms with E-state index in [4.69, 9.17) is 0 Å². The van der Waals surface area contributed by atoms with Crippen molar-refractivity contribution in [2.75, 3.05) is 20.1 Å². The lowest BCUT2D eigenvalue weighted by atomic mass is 10.0. The van der Waals surface area contributed by atoms with E-state index in [1.54, 1.807) is 6.07 Å². The molecule has 2 atom stereocenters. The Hall–Kier alpha value is -2.47. The summed E-state index contributed by atoms with van der Waals surface area (Å²) in [5.41, 5.74) is 2.19. The van der Waals surface area contributed by atoms with Gasteiger partial charge in [0.05, 0.1) is 0 Å². The van der Waals surface area contributed by atoms with Crippen LogP contribution in [0, 0.1) is 11.6 Å². The number of guanidine groups is 1. The monoisotopic (exact) mass is 398 g/mol. The van der Waals surface area contributed by atoms with E-state index in [1.165, 1.54) is 17.7 Å². The van der Waals surface area contributed by atoms with Crippen LogP contribution in [0.3, 0.4) is 0 Å². The Morgan fingerprint density at radius 1 is 1.03 bits per heavy atom. The Morgan fingerprint density at radius 2 is 1.79 bits per heavy atom. The van der Waals surface area contributed by atoms with E-state index in [2.05, 4.69) is 44.8 Å². The van der Waals surface area contributed by atoms with Crippen LogP contribution in [0.15, 0.2) is 53.5 Å². The van der Waals surface area contributed by atoms with Gasteiger partial charge in [0.25, 0.3) is 0 Å². The third-order valence-electron chi connectivity index (χ3n) is 5.88. The zero-order valence-electron chi connectivity index (χ0n) is 16.7. The minimum Gasteiger partial charge on any atom is -0.354 e. The summed E-state index contributed by atoms with van der Waals surface area (Å²) in [6, 6.07) is 15.6. The minimum absolute atomic E-state index is 0.372. The standard InChI is InChI=1S/C23H28F2N4/c1-26-23(28-22-14-19(22)17-5-3-2-4-6-17)27-18-9-11-29(12-10-18)15-16-7-8-20(24)21(25)13-16/h2-8,13,18-19,22H,9-12,14-15H2,1H3,(H2,26,27,28). The van der Waals surface area contributed by atoms with Gasteiger partial charge in [0.2, 0.25) is 0 Å². The highest BCUT2D eigenvalue weighted by Gasteiger charge is 2.39. The van der Waals surface area contributed by atoms with Gasteiger partial charge in [-0.05, 0) is 42.5 Å². The molecule has 1 saturated carbocycles. The van der Waals surface area contributed by atoms with Crippen molar-refractivity contribution in [1.82, 2.24) is 15.5 Å². The number of hydrogen-bond donors (Lipinski definition) is 2. The summed E-state index contributed by atoms with van der Waals surface area (Å²) in [6.07, 6.45) is 3.13. The maximum atomic E-state index is 13.4. The van der Waals surface area contributed by atoms with Gasteiger partial charge in [-0.2, -0.15) is 0 Å². The van der Waals surface area contributed by atoms with Crippen molar-refractivity contribution < 1.29 is 8.78 Å². The van der Waals surface area contributed by atoms with Gasteiger partial charge in [-0.1, -0.05) is 36.4 Å². The molecule has 2 fully saturated rings. The molecule has 4 rings (SSSR count). The van der Waals surface area contributed by atoms with E-state index in [0.29, 0.717) is 24.5 Å². The quantitative estimate of drug-likeness (QED) is 0.597. The summed E-state index contributed by atoms with van der Waals surface area (Å²) in [4.78, 5) is 6.68. The van der Waals surface area contributed by atoms with Gasteiger partial charge < -0.3 is 10.6 Å². The van der Waals surface area contributed by atoms with Gasteiger partial charge in [0.1, 0.15) is 0 Å². The first kappa shape index (κ1) is 19.8. The molecule has 0 bridgehead atoms. The number of rotatable bonds is 5. The van der Waals surface area contributed by atoms with Crippen molar-refractivity contribution in [3.8, 4) is 0 Å². The predicted octanol–water partition coefficient (Wildman–Crippen LogP) is 3.65. The molecule has 154 valence electrons. The summed E-state index contributed by atoms with van der Waals surface area (Å²) in [7, 11) is 1.81. The van der Waals surface area contributed by atoms with Crippen LogP contribution in [0.1, 0.15) is 36.3 Å². The molecule has 1 heterocycles. The summed E-state index contributed by atoms with van der Waals surface area (Å²) in [5, 5.41) is 7.10. The molecule has 0 amide bonds. The van der Waals surface area contributed by atoms with Gasteiger partial charge in [0, 0.05) is 44.7 Å². The van der Waals surface area contributed by atoms with Crippen LogP contribution in [-0.4, -0.2) is 43.1 Å². The molecule has 0 radical (unpaired) electrons. The second-order valence-electron chi connectivity index (χ2n) is 8.02. The van der Waals surface area contributed by atoms with E-state index in [9.17, 15) is 8.78 Å². The average molecular weight is 399 g/mol. The van der Waals surface area contributed by atoms with Crippen molar-refractivity contribution >= 4 is 5.96 Å². The highest BCUT2D eigenvalue weighted by Crippen LogP contribution is 2.40. The number of benzene rings is 2. The Balaban J connectivity index is 1.22. The van der Waals surface area contributed by atoms with E-state index in [-0.39, 0.29) is 0 Å².